The van der Waals surface area contributed by atoms with Crippen LogP contribution in [0.2, 0.25) is 0 Å². The van der Waals surface area contributed by atoms with Gasteiger partial charge in [-0.1, -0.05) is 37.6 Å². The number of alkyl halides is 2. The minimum Gasteiger partial charge on any atom is -0.395 e. The number of H-pyrrole nitrogens is 1. The van der Waals surface area contributed by atoms with Crippen molar-refractivity contribution in [2.75, 3.05) is 25.5 Å². The Balaban J connectivity index is 0.000000795. The van der Waals surface area contributed by atoms with Crippen LogP contribution in [0, 0.1) is 0 Å². The van der Waals surface area contributed by atoms with E-state index in [1.165, 1.54) is 6.38 Å². The van der Waals surface area contributed by atoms with E-state index in [2.05, 4.69) is 33.6 Å². The number of aliphatic hydroxyl groups is 2. The number of aliphatic hydroxyl groups excluding tert-OH is 2. The SMILES string of the molecule is C/C(Cl)=C\CCl.C=CCn1nc(C(C)C)c2c(=O)[nH]c(Cc3ccc(CNC(CO)CO)n3C)nc21.CCl. The van der Waals surface area contributed by atoms with Crippen LogP contribution in [0.3, 0.4) is 0 Å². The van der Waals surface area contributed by atoms with Gasteiger partial charge in [-0.25, -0.2) is 9.67 Å². The summed E-state index contributed by atoms with van der Waals surface area (Å²) in [5, 5.41) is 27.4. The van der Waals surface area contributed by atoms with Crippen LogP contribution in [0.15, 0.2) is 40.7 Å². The van der Waals surface area contributed by atoms with Crippen molar-refractivity contribution in [3.8, 4) is 0 Å². The summed E-state index contributed by atoms with van der Waals surface area (Å²) in [6, 6.07) is 3.60. The first-order valence-corrected chi connectivity index (χ1v) is 13.8. The van der Waals surface area contributed by atoms with E-state index in [9.17, 15) is 15.0 Å². The Bertz CT molecular complexity index is 1230. The smallest absolute Gasteiger partial charge is 0.262 e. The van der Waals surface area contributed by atoms with Crippen LogP contribution in [0.4, 0.5) is 0 Å². The minimum absolute atomic E-state index is 0.108. The lowest BCUT2D eigenvalue weighted by Gasteiger charge is -2.14. The van der Waals surface area contributed by atoms with E-state index in [1.807, 2.05) is 37.6 Å². The molecule has 38 heavy (non-hydrogen) atoms. The van der Waals surface area contributed by atoms with Gasteiger partial charge in [-0.2, -0.15) is 5.10 Å². The maximum Gasteiger partial charge on any atom is 0.262 e. The summed E-state index contributed by atoms with van der Waals surface area (Å²) in [5.41, 5.74) is 3.11. The molecule has 0 amide bonds. The first-order chi connectivity index (χ1) is 18.2. The highest BCUT2D eigenvalue weighted by atomic mass is 35.5. The van der Waals surface area contributed by atoms with E-state index in [0.717, 1.165) is 22.1 Å². The molecule has 0 aliphatic heterocycles. The first kappa shape index (κ1) is 33.9. The lowest BCUT2D eigenvalue weighted by atomic mass is 10.1. The van der Waals surface area contributed by atoms with Crippen LogP contribution in [-0.4, -0.2) is 66.0 Å². The number of aromatic nitrogens is 5. The monoisotopic (exact) mass is 588 g/mol. The highest BCUT2D eigenvalue weighted by Crippen LogP contribution is 2.21. The van der Waals surface area contributed by atoms with Crippen LogP contribution in [0.1, 0.15) is 49.6 Å². The van der Waals surface area contributed by atoms with E-state index >= 15 is 0 Å². The van der Waals surface area contributed by atoms with E-state index < -0.39 is 0 Å². The number of rotatable bonds is 11. The van der Waals surface area contributed by atoms with Crippen LogP contribution < -0.4 is 10.9 Å². The largest absolute Gasteiger partial charge is 0.395 e. The fraction of sp³-hybridized carbons (Fsp3) is 0.500. The van der Waals surface area contributed by atoms with Gasteiger partial charge < -0.3 is 25.1 Å². The Hall–Kier alpha value is -2.14. The second-order valence-electron chi connectivity index (χ2n) is 8.66. The number of nitrogens with zero attached hydrogens (tertiary/aromatic N) is 4. The highest BCUT2D eigenvalue weighted by Gasteiger charge is 2.19. The zero-order chi connectivity index (χ0) is 28.8. The molecule has 0 unspecified atom stereocenters. The molecule has 3 aromatic heterocycles. The lowest BCUT2D eigenvalue weighted by molar-refractivity contribution is 0.170. The Morgan fingerprint density at radius 1 is 1.24 bits per heavy atom. The van der Waals surface area contributed by atoms with Gasteiger partial charge >= 0.3 is 0 Å². The Kier molecular flexibility index (Phi) is 15.6. The van der Waals surface area contributed by atoms with Gasteiger partial charge in [0, 0.05) is 48.7 Å². The topological polar surface area (TPSA) is 121 Å². The maximum absolute atomic E-state index is 12.8. The van der Waals surface area contributed by atoms with Gasteiger partial charge in [0.25, 0.3) is 5.56 Å². The van der Waals surface area contributed by atoms with E-state index in [4.69, 9.17) is 28.2 Å². The number of hydrogen-bond acceptors (Lipinski definition) is 6. The summed E-state index contributed by atoms with van der Waals surface area (Å²) < 4.78 is 3.74. The van der Waals surface area contributed by atoms with Crippen molar-refractivity contribution in [1.82, 2.24) is 29.6 Å². The van der Waals surface area contributed by atoms with Gasteiger partial charge in [0.1, 0.15) is 11.2 Å². The van der Waals surface area contributed by atoms with Crippen molar-refractivity contribution < 1.29 is 10.2 Å². The van der Waals surface area contributed by atoms with Crippen molar-refractivity contribution in [2.24, 2.45) is 7.05 Å². The Labute approximate surface area is 239 Å². The molecule has 12 heteroatoms. The maximum atomic E-state index is 12.8. The normalized spacial score (nSPS) is 11.4. The third kappa shape index (κ3) is 9.55. The van der Waals surface area contributed by atoms with E-state index in [0.29, 0.717) is 42.2 Å². The number of allylic oxidation sites excluding steroid dienone is 3. The summed E-state index contributed by atoms with van der Waals surface area (Å²) >= 11 is 15.2. The van der Waals surface area contributed by atoms with Gasteiger partial charge in [-0.05, 0) is 25.0 Å². The molecule has 3 rings (SSSR count). The molecule has 0 atom stereocenters. The average molecular weight is 590 g/mol. The standard InChI is InChI=1S/C21H30N6O3.C4H6Cl2.CH3Cl/c1-5-8-27-20-18(19(25-27)13(2)3)21(30)24-17(23-20)9-15-6-7-16(26(15)4)10-22-14(11-28)12-29;1-4(6)2-3-5;1-2/h5-7,13-14,22,28-29H,1,8-12H2,2-4H3,(H,23,24,30);2H,3H2,1H3;1H3/b;4-2+;. The second-order valence-corrected chi connectivity index (χ2v) is 9.57. The van der Waals surface area contributed by atoms with Crippen LogP contribution in [0.25, 0.3) is 11.0 Å². The van der Waals surface area contributed by atoms with Crippen LogP contribution >= 0.6 is 34.8 Å². The second kappa shape index (κ2) is 17.4. The predicted molar refractivity (Wildman–Crippen MR) is 158 cm³/mol. The van der Waals surface area contributed by atoms with Crippen molar-refractivity contribution in [3.05, 3.63) is 69.2 Å². The first-order valence-electron chi connectivity index (χ1n) is 12.1. The van der Waals surface area contributed by atoms with E-state index in [1.54, 1.807) is 23.8 Å². The molecule has 0 saturated heterocycles. The van der Waals surface area contributed by atoms with Crippen molar-refractivity contribution >= 4 is 45.8 Å². The number of halogens is 3. The molecule has 0 saturated carbocycles. The van der Waals surface area contributed by atoms with Gasteiger partial charge in [0.2, 0.25) is 0 Å². The lowest BCUT2D eigenvalue weighted by Crippen LogP contribution is -2.35. The quantitative estimate of drug-likeness (QED) is 0.198. The van der Waals surface area contributed by atoms with Gasteiger partial charge in [0.15, 0.2) is 5.65 Å². The third-order valence-electron chi connectivity index (χ3n) is 5.58. The molecular weight excluding hydrogens is 551 g/mol. The summed E-state index contributed by atoms with van der Waals surface area (Å²) in [5.74, 6) is 1.18. The molecule has 9 nitrogen and oxygen atoms in total. The Morgan fingerprint density at radius 2 is 1.87 bits per heavy atom. The van der Waals surface area contributed by atoms with Gasteiger partial charge in [-0.3, -0.25) is 4.79 Å². The average Bonchev–Trinajstić information content (AvgIpc) is 3.42. The Morgan fingerprint density at radius 3 is 2.37 bits per heavy atom. The van der Waals surface area contributed by atoms with E-state index in [-0.39, 0.29) is 30.7 Å². The molecule has 3 heterocycles. The molecule has 0 spiro atoms. The molecule has 0 aromatic carbocycles. The number of fused-ring (bicyclic) bond motifs is 1. The molecule has 0 aliphatic carbocycles. The summed E-state index contributed by atoms with van der Waals surface area (Å²) in [6.07, 6.45) is 5.41. The molecule has 3 aromatic rings. The predicted octanol–water partition coefficient (Wildman–Crippen LogP) is 4.02. The number of nitrogens with one attached hydrogen (secondary N) is 2. The van der Waals surface area contributed by atoms with Gasteiger partial charge in [-0.15, -0.1) is 29.8 Å². The fourth-order valence-corrected chi connectivity index (χ4v) is 3.95. The zero-order valence-electron chi connectivity index (χ0n) is 22.6. The molecule has 0 radical (unpaired) electrons. The highest BCUT2D eigenvalue weighted by molar-refractivity contribution is 6.30. The summed E-state index contributed by atoms with van der Waals surface area (Å²) in [7, 11) is 1.94. The molecule has 0 aliphatic rings. The molecular formula is C26H39Cl3N6O3. The molecule has 0 fully saturated rings. The molecule has 4 N–H and O–H groups in total. The van der Waals surface area contributed by atoms with Gasteiger partial charge in [0.05, 0.1) is 31.5 Å². The summed E-state index contributed by atoms with van der Waals surface area (Å²) in [4.78, 5) is 20.4. The number of hydrogen-bond donors (Lipinski definition) is 4. The third-order valence-corrected chi connectivity index (χ3v) is 5.89. The fourth-order valence-electron chi connectivity index (χ4n) is 3.56. The van der Waals surface area contributed by atoms with Crippen molar-refractivity contribution in [3.63, 3.8) is 0 Å². The molecule has 0 bridgehead atoms. The van der Waals surface area contributed by atoms with Crippen molar-refractivity contribution in [1.29, 1.82) is 0 Å². The zero-order valence-corrected chi connectivity index (χ0v) is 24.9. The molecule has 212 valence electrons. The van der Waals surface area contributed by atoms with Crippen LogP contribution in [0.5, 0.6) is 0 Å². The number of aromatic amines is 1. The summed E-state index contributed by atoms with van der Waals surface area (Å²) in [6.45, 7) is 10.3. The van der Waals surface area contributed by atoms with Crippen LogP contribution in [-0.2, 0) is 26.6 Å². The minimum atomic E-state index is -0.357. The van der Waals surface area contributed by atoms with Crippen molar-refractivity contribution in [2.45, 2.75) is 52.2 Å².